The topological polar surface area (TPSA) is 86.8 Å². The van der Waals surface area contributed by atoms with Gasteiger partial charge in [0, 0.05) is 30.6 Å². The maximum absolute atomic E-state index is 13.5. The van der Waals surface area contributed by atoms with E-state index in [9.17, 15) is 18.0 Å². The minimum Gasteiger partial charge on any atom is -0.352 e. The van der Waals surface area contributed by atoms with E-state index in [4.69, 9.17) is 11.6 Å². The van der Waals surface area contributed by atoms with Gasteiger partial charge < -0.3 is 10.2 Å². The minimum absolute atomic E-state index is 0.00323. The molecule has 0 fully saturated rings. The van der Waals surface area contributed by atoms with Crippen LogP contribution < -0.4 is 9.62 Å². The van der Waals surface area contributed by atoms with Crippen LogP contribution in [0.25, 0.3) is 0 Å². The van der Waals surface area contributed by atoms with Crippen molar-refractivity contribution in [2.75, 3.05) is 17.1 Å². The van der Waals surface area contributed by atoms with E-state index in [1.165, 1.54) is 4.31 Å². The van der Waals surface area contributed by atoms with E-state index in [1.807, 2.05) is 52.0 Å². The molecule has 0 bridgehead atoms. The van der Waals surface area contributed by atoms with E-state index < -0.39 is 16.1 Å². The number of aryl methyl sites for hydroxylation is 1. The van der Waals surface area contributed by atoms with Crippen molar-refractivity contribution in [2.24, 2.45) is 0 Å². The largest absolute Gasteiger partial charge is 0.352 e. The summed E-state index contributed by atoms with van der Waals surface area (Å²) in [4.78, 5) is 28.2. The average Bonchev–Trinajstić information content (AvgIpc) is 2.80. The highest BCUT2D eigenvalue weighted by Gasteiger charge is 2.29. The lowest BCUT2D eigenvalue weighted by molar-refractivity contribution is -0.141. The van der Waals surface area contributed by atoms with Gasteiger partial charge in [-0.1, -0.05) is 61.3 Å². The van der Waals surface area contributed by atoms with Crippen molar-refractivity contribution in [1.29, 1.82) is 0 Å². The Labute approximate surface area is 220 Å². The lowest BCUT2D eigenvalue weighted by Crippen LogP contribution is -2.50. The third-order valence-electron chi connectivity index (χ3n) is 6.07. The summed E-state index contributed by atoms with van der Waals surface area (Å²) in [6.07, 6.45) is 2.79. The molecule has 0 unspecified atom stereocenters. The van der Waals surface area contributed by atoms with Crippen molar-refractivity contribution >= 4 is 39.1 Å². The fourth-order valence-corrected chi connectivity index (χ4v) is 5.14. The summed E-state index contributed by atoms with van der Waals surface area (Å²) in [7, 11) is -3.57. The van der Waals surface area contributed by atoms with Crippen LogP contribution in [0.4, 0.5) is 5.69 Å². The predicted octanol–water partition coefficient (Wildman–Crippen LogP) is 4.92. The molecule has 0 aliphatic heterocycles. The first kappa shape index (κ1) is 29.6. The van der Waals surface area contributed by atoms with Gasteiger partial charge in [0.15, 0.2) is 0 Å². The van der Waals surface area contributed by atoms with Crippen LogP contribution in [0.1, 0.15) is 57.6 Å². The molecule has 9 heteroatoms. The molecular formula is C27H38ClN3O4S. The Morgan fingerprint density at radius 3 is 2.33 bits per heavy atom. The summed E-state index contributed by atoms with van der Waals surface area (Å²) in [5.74, 6) is -0.369. The Morgan fingerprint density at radius 1 is 1.06 bits per heavy atom. The number of carbonyl (C=O) groups is 2. The van der Waals surface area contributed by atoms with E-state index in [0.29, 0.717) is 30.1 Å². The Bertz CT molecular complexity index is 1140. The fourth-order valence-electron chi connectivity index (χ4n) is 4.00. The highest BCUT2D eigenvalue weighted by atomic mass is 35.5. The Balaban J connectivity index is 2.23. The third kappa shape index (κ3) is 8.82. The number of sulfonamides is 1. The normalized spacial score (nSPS) is 13.1. The molecule has 0 saturated heterocycles. The van der Waals surface area contributed by atoms with Gasteiger partial charge in [-0.05, 0) is 56.9 Å². The lowest BCUT2D eigenvalue weighted by atomic mass is 10.1. The summed E-state index contributed by atoms with van der Waals surface area (Å²) in [5.41, 5.74) is 2.46. The van der Waals surface area contributed by atoms with E-state index in [2.05, 4.69) is 5.32 Å². The van der Waals surface area contributed by atoms with Crippen molar-refractivity contribution in [3.05, 3.63) is 64.7 Å². The molecule has 2 rings (SSSR count). The molecule has 0 aliphatic rings. The van der Waals surface area contributed by atoms with Crippen molar-refractivity contribution in [3.8, 4) is 0 Å². The number of amides is 2. The number of halogens is 1. The zero-order valence-corrected chi connectivity index (χ0v) is 23.4. The quantitative estimate of drug-likeness (QED) is 0.394. The highest BCUT2D eigenvalue weighted by Crippen LogP contribution is 2.23. The van der Waals surface area contributed by atoms with Gasteiger partial charge in [0.05, 0.1) is 11.9 Å². The molecule has 1 N–H and O–H groups in total. The summed E-state index contributed by atoms with van der Waals surface area (Å²) in [5, 5.41) is 3.43. The first-order chi connectivity index (χ1) is 17.0. The number of hydrogen-bond donors (Lipinski definition) is 1. The summed E-state index contributed by atoms with van der Waals surface area (Å²) < 4.78 is 26.1. The molecule has 0 spiro atoms. The summed E-state index contributed by atoms with van der Waals surface area (Å²) >= 11 is 6.06. The number of rotatable bonds is 13. The van der Waals surface area contributed by atoms with Crippen LogP contribution in [-0.2, 0) is 26.2 Å². The molecule has 2 atom stereocenters. The third-order valence-corrected chi connectivity index (χ3v) is 7.50. The first-order valence-corrected chi connectivity index (χ1v) is 14.6. The van der Waals surface area contributed by atoms with Crippen molar-refractivity contribution in [2.45, 2.75) is 72.0 Å². The number of anilines is 1. The van der Waals surface area contributed by atoms with Crippen LogP contribution in [0.15, 0.2) is 48.5 Å². The van der Waals surface area contributed by atoms with Gasteiger partial charge in [0.1, 0.15) is 6.04 Å². The molecule has 198 valence electrons. The summed E-state index contributed by atoms with van der Waals surface area (Å²) in [6.45, 7) is 8.23. The lowest BCUT2D eigenvalue weighted by Gasteiger charge is -2.32. The van der Waals surface area contributed by atoms with E-state index in [-0.39, 0.29) is 30.8 Å². The maximum atomic E-state index is 13.5. The monoisotopic (exact) mass is 535 g/mol. The molecule has 0 aliphatic carbocycles. The van der Waals surface area contributed by atoms with Crippen LogP contribution in [0.3, 0.4) is 0 Å². The van der Waals surface area contributed by atoms with Crippen LogP contribution in [0.5, 0.6) is 0 Å². The molecule has 0 saturated carbocycles. The van der Waals surface area contributed by atoms with E-state index >= 15 is 0 Å². The smallest absolute Gasteiger partial charge is 0.243 e. The van der Waals surface area contributed by atoms with Crippen molar-refractivity contribution in [1.82, 2.24) is 10.2 Å². The minimum atomic E-state index is -3.57. The standard InChI is InChI=1S/C27H38ClN3O4S/c1-6-21(4)29-27(33)25(7-2)30(19-22-12-8-11-20(3)17-22)26(32)15-10-16-31(36(5,34)35)24-14-9-13-23(28)18-24/h8-9,11-14,17-18,21,25H,6-7,10,15-16,19H2,1-5H3,(H,29,33)/t21-,25-/m1/s1. The van der Waals surface area contributed by atoms with Crippen LogP contribution in [0.2, 0.25) is 5.02 Å². The summed E-state index contributed by atoms with van der Waals surface area (Å²) in [6, 6.07) is 13.9. The van der Waals surface area contributed by atoms with Gasteiger partial charge in [0.2, 0.25) is 21.8 Å². The second-order valence-corrected chi connectivity index (χ2v) is 11.5. The SMILES string of the molecule is CC[C@@H](C)NC(=O)[C@@H](CC)N(Cc1cccc(C)c1)C(=O)CCCN(c1cccc(Cl)c1)S(C)(=O)=O. The molecular weight excluding hydrogens is 498 g/mol. The Hall–Kier alpha value is -2.58. The second kappa shape index (κ2) is 13.7. The maximum Gasteiger partial charge on any atom is 0.243 e. The predicted molar refractivity (Wildman–Crippen MR) is 147 cm³/mol. The number of hydrogen-bond acceptors (Lipinski definition) is 4. The Kier molecular flexibility index (Phi) is 11.2. The van der Waals surface area contributed by atoms with Gasteiger partial charge in [0.25, 0.3) is 0 Å². The Morgan fingerprint density at radius 2 is 1.75 bits per heavy atom. The molecule has 2 amide bonds. The highest BCUT2D eigenvalue weighted by molar-refractivity contribution is 7.92. The van der Waals surface area contributed by atoms with Gasteiger partial charge in [-0.15, -0.1) is 0 Å². The zero-order valence-electron chi connectivity index (χ0n) is 21.8. The second-order valence-electron chi connectivity index (χ2n) is 9.17. The molecule has 36 heavy (non-hydrogen) atoms. The van der Waals surface area contributed by atoms with Crippen molar-refractivity contribution in [3.63, 3.8) is 0 Å². The van der Waals surface area contributed by atoms with Crippen LogP contribution in [0, 0.1) is 6.92 Å². The van der Waals surface area contributed by atoms with Crippen molar-refractivity contribution < 1.29 is 18.0 Å². The van der Waals surface area contributed by atoms with E-state index in [1.54, 1.807) is 29.2 Å². The molecule has 2 aromatic rings. The number of carbonyl (C=O) groups excluding carboxylic acids is 2. The number of nitrogens with one attached hydrogen (secondary N) is 1. The van der Waals surface area contributed by atoms with Gasteiger partial charge in [-0.3, -0.25) is 13.9 Å². The molecule has 0 radical (unpaired) electrons. The van der Waals surface area contributed by atoms with E-state index in [0.717, 1.165) is 23.8 Å². The van der Waals surface area contributed by atoms with Gasteiger partial charge in [-0.25, -0.2) is 8.42 Å². The zero-order chi connectivity index (χ0) is 26.9. The average molecular weight is 536 g/mol. The number of benzene rings is 2. The van der Waals surface area contributed by atoms with Crippen LogP contribution in [-0.4, -0.2) is 50.0 Å². The van der Waals surface area contributed by atoms with Crippen LogP contribution >= 0.6 is 11.6 Å². The van der Waals surface area contributed by atoms with Gasteiger partial charge in [-0.2, -0.15) is 0 Å². The molecule has 2 aromatic carbocycles. The number of nitrogens with zero attached hydrogens (tertiary/aromatic N) is 2. The fraction of sp³-hybridized carbons (Fsp3) is 0.481. The first-order valence-electron chi connectivity index (χ1n) is 12.3. The van der Waals surface area contributed by atoms with Gasteiger partial charge >= 0.3 is 0 Å². The molecule has 0 heterocycles. The molecule has 0 aromatic heterocycles. The molecule has 7 nitrogen and oxygen atoms in total.